The van der Waals surface area contributed by atoms with Gasteiger partial charge in [-0.1, -0.05) is 68.2 Å². The maximum atomic E-state index is 8.92. The van der Waals surface area contributed by atoms with E-state index in [1.807, 2.05) is 26.8 Å². The summed E-state index contributed by atoms with van der Waals surface area (Å²) in [7, 11) is 0. The van der Waals surface area contributed by atoms with Crippen molar-refractivity contribution in [1.82, 2.24) is 0 Å². The Morgan fingerprint density at radius 3 is 2.09 bits per heavy atom. The quantitative estimate of drug-likeness (QED) is 0.466. The minimum atomic E-state index is 0.441. The summed E-state index contributed by atoms with van der Waals surface area (Å²) in [6, 6.07) is 9.12. The third kappa shape index (κ3) is 8.06. The maximum absolute atomic E-state index is 8.92. The Hall–Kier alpha value is -1.50. The van der Waals surface area contributed by atoms with Crippen LogP contribution in [0.3, 0.4) is 0 Å². The molecule has 0 atom stereocenters. The summed E-state index contributed by atoms with van der Waals surface area (Å²) < 4.78 is 0. The lowest BCUT2D eigenvalue weighted by Gasteiger charge is -2.26. The minimum Gasteiger partial charge on any atom is -0.512 e. The average molecular weight is 315 g/mol. The van der Waals surface area contributed by atoms with E-state index in [2.05, 4.69) is 38.1 Å². The highest BCUT2D eigenvalue weighted by Gasteiger charge is 2.19. The standard InChI is InChI=1S/C14H20.C8H14O/c1-11-3-7-13(8-4-11)14-9-5-12(2)6-10-14;1-4-8(9)6-5-7(2)3/h3-4,7-8,12,14H,5-6,9-10H2,1-2H3;5-6,9H,4H2,1-3H3/b;8-6+. The molecule has 2 rings (SSSR count). The summed E-state index contributed by atoms with van der Waals surface area (Å²) in [5, 5.41) is 8.92. The molecule has 0 radical (unpaired) electrons. The minimum absolute atomic E-state index is 0.441. The van der Waals surface area contributed by atoms with Crippen LogP contribution in [-0.4, -0.2) is 5.11 Å². The van der Waals surface area contributed by atoms with Gasteiger partial charge in [0, 0.05) is 6.42 Å². The Morgan fingerprint density at radius 1 is 1.04 bits per heavy atom. The van der Waals surface area contributed by atoms with Gasteiger partial charge in [0.25, 0.3) is 0 Å². The molecular weight excluding hydrogens is 280 g/mol. The van der Waals surface area contributed by atoms with Crippen LogP contribution < -0.4 is 0 Å². The zero-order chi connectivity index (χ0) is 17.2. The highest BCUT2D eigenvalue weighted by atomic mass is 16.3. The third-order valence-corrected chi connectivity index (χ3v) is 4.54. The van der Waals surface area contributed by atoms with E-state index in [1.54, 1.807) is 11.6 Å². The lowest BCUT2D eigenvalue weighted by molar-refractivity contribution is 0.348. The Labute approximate surface area is 143 Å². The van der Waals surface area contributed by atoms with Gasteiger partial charge in [0.1, 0.15) is 0 Å². The molecule has 128 valence electrons. The average Bonchev–Trinajstić information content (AvgIpc) is 2.55. The number of allylic oxidation sites excluding steroid dienone is 4. The fourth-order valence-corrected chi connectivity index (χ4v) is 2.81. The molecule has 0 bridgehead atoms. The Bertz CT molecular complexity index is 495. The normalized spacial score (nSPS) is 21.2. The summed E-state index contributed by atoms with van der Waals surface area (Å²) in [4.78, 5) is 0. The summed E-state index contributed by atoms with van der Waals surface area (Å²) in [5.41, 5.74) is 4.13. The van der Waals surface area contributed by atoms with Crippen LogP contribution in [0.5, 0.6) is 0 Å². The molecule has 1 N–H and O–H groups in total. The fraction of sp³-hybridized carbons (Fsp3) is 0.545. The second-order valence-corrected chi connectivity index (χ2v) is 7.12. The lowest BCUT2D eigenvalue weighted by atomic mass is 9.79. The molecular formula is C22H34O. The van der Waals surface area contributed by atoms with Crippen LogP contribution in [0.2, 0.25) is 0 Å². The van der Waals surface area contributed by atoms with Gasteiger partial charge < -0.3 is 5.11 Å². The molecule has 0 amide bonds. The summed E-state index contributed by atoms with van der Waals surface area (Å²) in [6.07, 6.45) is 9.96. The number of aliphatic hydroxyl groups is 1. The van der Waals surface area contributed by atoms with Crippen molar-refractivity contribution in [2.75, 3.05) is 0 Å². The van der Waals surface area contributed by atoms with Gasteiger partial charge in [-0.3, -0.25) is 0 Å². The second-order valence-electron chi connectivity index (χ2n) is 7.12. The van der Waals surface area contributed by atoms with Crippen molar-refractivity contribution in [3.05, 3.63) is 58.9 Å². The summed E-state index contributed by atoms with van der Waals surface area (Å²) in [5.74, 6) is 2.24. The summed E-state index contributed by atoms with van der Waals surface area (Å²) >= 11 is 0. The SMILES string of the molecule is CC/C(O)=C\C=C(C)C.Cc1ccc(C2CCC(C)CC2)cc1. The molecule has 0 saturated heterocycles. The zero-order valence-corrected chi connectivity index (χ0v) is 15.6. The first-order valence-corrected chi connectivity index (χ1v) is 9.02. The topological polar surface area (TPSA) is 20.2 Å². The predicted molar refractivity (Wildman–Crippen MR) is 102 cm³/mol. The van der Waals surface area contributed by atoms with Crippen molar-refractivity contribution >= 4 is 0 Å². The van der Waals surface area contributed by atoms with Gasteiger partial charge in [-0.15, -0.1) is 0 Å². The highest BCUT2D eigenvalue weighted by molar-refractivity contribution is 5.24. The smallest absolute Gasteiger partial charge is 0.0919 e. The molecule has 0 aromatic heterocycles. The highest BCUT2D eigenvalue weighted by Crippen LogP contribution is 2.35. The number of aliphatic hydroxyl groups excluding tert-OH is 1. The molecule has 1 heteroatoms. The van der Waals surface area contributed by atoms with E-state index in [4.69, 9.17) is 5.11 Å². The molecule has 1 saturated carbocycles. The number of hydrogen-bond acceptors (Lipinski definition) is 1. The number of hydrogen-bond donors (Lipinski definition) is 1. The molecule has 0 heterocycles. The van der Waals surface area contributed by atoms with Crippen LogP contribution in [0.4, 0.5) is 0 Å². The molecule has 1 aliphatic carbocycles. The van der Waals surface area contributed by atoms with Crippen molar-refractivity contribution in [2.45, 2.75) is 72.6 Å². The van der Waals surface area contributed by atoms with Gasteiger partial charge in [0.15, 0.2) is 0 Å². The molecule has 0 aliphatic heterocycles. The van der Waals surface area contributed by atoms with Crippen LogP contribution in [0, 0.1) is 12.8 Å². The van der Waals surface area contributed by atoms with Crippen LogP contribution in [0.25, 0.3) is 0 Å². The van der Waals surface area contributed by atoms with Gasteiger partial charge in [0.2, 0.25) is 0 Å². The van der Waals surface area contributed by atoms with E-state index < -0.39 is 0 Å². The molecule has 0 spiro atoms. The Morgan fingerprint density at radius 2 is 1.61 bits per heavy atom. The van der Waals surface area contributed by atoms with E-state index >= 15 is 0 Å². The third-order valence-electron chi connectivity index (χ3n) is 4.54. The monoisotopic (exact) mass is 314 g/mol. The van der Waals surface area contributed by atoms with E-state index in [0.29, 0.717) is 12.2 Å². The largest absolute Gasteiger partial charge is 0.512 e. The van der Waals surface area contributed by atoms with Crippen molar-refractivity contribution in [2.24, 2.45) is 5.92 Å². The molecule has 1 aromatic carbocycles. The van der Waals surface area contributed by atoms with Crippen LogP contribution in [0.15, 0.2) is 47.7 Å². The first-order valence-electron chi connectivity index (χ1n) is 9.02. The molecule has 0 unspecified atom stereocenters. The first-order chi connectivity index (χ1) is 10.9. The van der Waals surface area contributed by atoms with Gasteiger partial charge in [-0.2, -0.15) is 0 Å². The van der Waals surface area contributed by atoms with Gasteiger partial charge in [-0.25, -0.2) is 0 Å². The van der Waals surface area contributed by atoms with Crippen molar-refractivity contribution < 1.29 is 5.11 Å². The van der Waals surface area contributed by atoms with E-state index in [9.17, 15) is 0 Å². The number of rotatable bonds is 3. The van der Waals surface area contributed by atoms with E-state index in [0.717, 1.165) is 11.8 Å². The van der Waals surface area contributed by atoms with E-state index in [1.165, 1.54) is 36.8 Å². The van der Waals surface area contributed by atoms with Crippen molar-refractivity contribution in [1.29, 1.82) is 0 Å². The van der Waals surface area contributed by atoms with E-state index in [-0.39, 0.29) is 0 Å². The van der Waals surface area contributed by atoms with Gasteiger partial charge in [-0.05, 0) is 57.1 Å². The van der Waals surface area contributed by atoms with Crippen LogP contribution in [0.1, 0.15) is 76.8 Å². The zero-order valence-electron chi connectivity index (χ0n) is 15.6. The molecule has 1 aliphatic rings. The Balaban J connectivity index is 0.000000257. The van der Waals surface area contributed by atoms with Crippen LogP contribution in [-0.2, 0) is 0 Å². The molecule has 1 aromatic rings. The predicted octanol–water partition coefficient (Wildman–Crippen LogP) is 7.09. The van der Waals surface area contributed by atoms with Gasteiger partial charge in [0.05, 0.1) is 5.76 Å². The molecule has 23 heavy (non-hydrogen) atoms. The first kappa shape index (κ1) is 19.5. The van der Waals surface area contributed by atoms with Crippen molar-refractivity contribution in [3.8, 4) is 0 Å². The van der Waals surface area contributed by atoms with Gasteiger partial charge >= 0.3 is 0 Å². The maximum Gasteiger partial charge on any atom is 0.0919 e. The van der Waals surface area contributed by atoms with Crippen LogP contribution >= 0.6 is 0 Å². The molecule has 1 nitrogen and oxygen atoms in total. The second kappa shape index (κ2) is 10.3. The lowest BCUT2D eigenvalue weighted by Crippen LogP contribution is -2.10. The molecule has 1 fully saturated rings. The number of aryl methyl sites for hydroxylation is 1. The van der Waals surface area contributed by atoms with Crippen molar-refractivity contribution in [3.63, 3.8) is 0 Å². The Kier molecular flexibility index (Phi) is 8.76. The number of benzene rings is 1. The fourth-order valence-electron chi connectivity index (χ4n) is 2.81. The summed E-state index contributed by atoms with van der Waals surface area (Å²) in [6.45, 7) is 10.5.